The summed E-state index contributed by atoms with van der Waals surface area (Å²) in [5, 5.41) is 5.32. The van der Waals surface area contributed by atoms with Crippen molar-refractivity contribution in [2.75, 3.05) is 7.11 Å². The number of hydrogen-bond acceptors (Lipinski definition) is 4. The van der Waals surface area contributed by atoms with Crippen LogP contribution in [0.5, 0.6) is 0 Å². The zero-order valence-electron chi connectivity index (χ0n) is 13.6. The van der Waals surface area contributed by atoms with E-state index in [2.05, 4.69) is 5.10 Å². The van der Waals surface area contributed by atoms with Gasteiger partial charge in [-0.3, -0.25) is 4.79 Å². The van der Waals surface area contributed by atoms with Crippen LogP contribution in [0.3, 0.4) is 0 Å². The van der Waals surface area contributed by atoms with Crippen LogP contribution >= 0.6 is 11.8 Å². The highest BCUT2D eigenvalue weighted by Gasteiger charge is 2.36. The second kappa shape index (κ2) is 7.33. The Morgan fingerprint density at radius 3 is 2.64 bits per heavy atom. The molecule has 2 aromatic carbocycles. The Morgan fingerprint density at radius 1 is 1.24 bits per heavy atom. The Bertz CT molecular complexity index is 814. The Morgan fingerprint density at radius 2 is 1.96 bits per heavy atom. The number of ether oxygens (including phenoxy) is 1. The van der Waals surface area contributed by atoms with Gasteiger partial charge in [-0.05, 0) is 30.7 Å². The molecule has 0 saturated heterocycles. The number of methoxy groups -OCH3 is 1. The predicted octanol–water partition coefficient (Wildman–Crippen LogP) is 3.94. The van der Waals surface area contributed by atoms with Gasteiger partial charge in [0.15, 0.2) is 0 Å². The highest BCUT2D eigenvalue weighted by atomic mass is 32.2. The van der Waals surface area contributed by atoms with Crippen molar-refractivity contribution < 1.29 is 18.3 Å². The van der Waals surface area contributed by atoms with Gasteiger partial charge in [-0.15, -0.1) is 0 Å². The molecule has 3 rings (SSSR count). The first-order valence-corrected chi connectivity index (χ1v) is 8.50. The molecule has 0 bridgehead atoms. The van der Waals surface area contributed by atoms with Gasteiger partial charge < -0.3 is 4.74 Å². The summed E-state index contributed by atoms with van der Waals surface area (Å²) in [5.74, 6) is -1.50. The largest absolute Gasteiger partial charge is 0.372 e. The summed E-state index contributed by atoms with van der Waals surface area (Å²) >= 11 is 1.20. The second-order valence-corrected chi connectivity index (χ2v) is 6.54. The molecule has 2 aromatic rings. The Labute approximate surface area is 148 Å². The van der Waals surface area contributed by atoms with Crippen molar-refractivity contribution in [2.45, 2.75) is 18.4 Å². The molecule has 2 atom stereocenters. The number of amides is 1. The van der Waals surface area contributed by atoms with Gasteiger partial charge in [0.1, 0.15) is 28.2 Å². The van der Waals surface area contributed by atoms with Crippen molar-refractivity contribution in [1.82, 2.24) is 5.01 Å². The maximum atomic E-state index is 14.1. The molecule has 7 heteroatoms. The molecule has 130 valence electrons. The van der Waals surface area contributed by atoms with E-state index < -0.39 is 23.1 Å². The molecule has 0 aliphatic carbocycles. The lowest BCUT2D eigenvalue weighted by atomic mass is 10.2. The molecule has 1 amide bonds. The Balaban J connectivity index is 2.01. The number of rotatable bonds is 4. The number of nitrogens with zero attached hydrogens (tertiary/aromatic N) is 2. The van der Waals surface area contributed by atoms with Crippen molar-refractivity contribution in [2.24, 2.45) is 5.10 Å². The van der Waals surface area contributed by atoms with Crippen LogP contribution in [0.15, 0.2) is 53.6 Å². The number of hydrogen-bond donors (Lipinski definition) is 0. The second-order valence-electron chi connectivity index (χ2n) is 5.47. The molecule has 1 aliphatic rings. The molecule has 1 aliphatic heterocycles. The minimum Gasteiger partial charge on any atom is -0.372 e. The van der Waals surface area contributed by atoms with E-state index in [1.165, 1.54) is 23.9 Å². The fourth-order valence-corrected chi connectivity index (χ4v) is 3.56. The van der Waals surface area contributed by atoms with Gasteiger partial charge in [-0.2, -0.15) is 5.10 Å². The quantitative estimate of drug-likeness (QED) is 0.827. The van der Waals surface area contributed by atoms with Crippen LogP contribution in [0.25, 0.3) is 0 Å². The average Bonchev–Trinajstić information content (AvgIpc) is 3.08. The number of carbonyl (C=O) groups excluding carboxylic acids is 1. The summed E-state index contributed by atoms with van der Waals surface area (Å²) in [4.78, 5) is 12.6. The summed E-state index contributed by atoms with van der Waals surface area (Å²) in [6.07, 6.45) is -0.702. The van der Waals surface area contributed by atoms with Crippen LogP contribution in [-0.4, -0.2) is 29.2 Å². The molecule has 4 nitrogen and oxygen atoms in total. The fourth-order valence-electron chi connectivity index (χ4n) is 2.39. The predicted molar refractivity (Wildman–Crippen MR) is 93.0 cm³/mol. The number of carbonyl (C=O) groups is 1. The summed E-state index contributed by atoms with van der Waals surface area (Å²) in [6.45, 7) is 1.62. The molecule has 0 unspecified atom stereocenters. The van der Waals surface area contributed by atoms with Gasteiger partial charge in [0.05, 0.1) is 0 Å². The van der Waals surface area contributed by atoms with Gasteiger partial charge in [0.25, 0.3) is 5.91 Å². The first-order valence-electron chi connectivity index (χ1n) is 7.62. The molecule has 25 heavy (non-hydrogen) atoms. The minimum absolute atomic E-state index is 0.0336. The Hall–Kier alpha value is -2.25. The van der Waals surface area contributed by atoms with Crippen molar-refractivity contribution >= 4 is 22.7 Å². The standard InChI is InChI=1S/C18H16F2N2O2S/c1-11(24-2)17(23)22-18(12-6-4-3-5-7-12)25-16(21-22)14-10-13(19)8-9-15(14)20/h3-11,18H,1-2H3/t11-,18-/m0/s1. The Kier molecular flexibility index (Phi) is 5.15. The third kappa shape index (κ3) is 3.57. The van der Waals surface area contributed by atoms with E-state index in [0.29, 0.717) is 0 Å². The number of thioether (sulfide) groups is 1. The summed E-state index contributed by atoms with van der Waals surface area (Å²) in [6, 6.07) is 12.4. The van der Waals surface area contributed by atoms with Crippen LogP contribution in [-0.2, 0) is 9.53 Å². The van der Waals surface area contributed by atoms with E-state index in [-0.39, 0.29) is 16.5 Å². The maximum absolute atomic E-state index is 14.1. The van der Waals surface area contributed by atoms with Crippen LogP contribution in [0, 0.1) is 11.6 Å². The van der Waals surface area contributed by atoms with Crippen molar-refractivity contribution in [3.63, 3.8) is 0 Å². The number of halogens is 2. The van der Waals surface area contributed by atoms with Crippen LogP contribution in [0.1, 0.15) is 23.4 Å². The molecule has 0 fully saturated rings. The molecular weight excluding hydrogens is 346 g/mol. The van der Waals surface area contributed by atoms with Gasteiger partial charge in [0.2, 0.25) is 0 Å². The van der Waals surface area contributed by atoms with Gasteiger partial charge in [0, 0.05) is 12.7 Å². The monoisotopic (exact) mass is 362 g/mol. The SMILES string of the molecule is CO[C@@H](C)C(=O)N1N=C(c2cc(F)ccc2F)S[C@H]1c1ccccc1. The lowest BCUT2D eigenvalue weighted by molar-refractivity contribution is -0.141. The van der Waals surface area contributed by atoms with Crippen LogP contribution < -0.4 is 0 Å². The highest BCUT2D eigenvalue weighted by molar-refractivity contribution is 8.14. The number of hydrazone groups is 1. The van der Waals surface area contributed by atoms with E-state index >= 15 is 0 Å². The van der Waals surface area contributed by atoms with Crippen LogP contribution in [0.2, 0.25) is 0 Å². The summed E-state index contributed by atoms with van der Waals surface area (Å²) in [7, 11) is 1.43. The van der Waals surface area contributed by atoms with Crippen LogP contribution in [0.4, 0.5) is 8.78 Å². The minimum atomic E-state index is -0.702. The fraction of sp³-hybridized carbons (Fsp3) is 0.222. The molecule has 0 aromatic heterocycles. The normalized spacial score (nSPS) is 18.2. The third-order valence-electron chi connectivity index (χ3n) is 3.81. The smallest absolute Gasteiger partial charge is 0.272 e. The summed E-state index contributed by atoms with van der Waals surface area (Å²) < 4.78 is 32.7. The maximum Gasteiger partial charge on any atom is 0.272 e. The summed E-state index contributed by atoms with van der Waals surface area (Å²) in [5.41, 5.74) is 0.867. The van der Waals surface area contributed by atoms with E-state index in [0.717, 1.165) is 23.8 Å². The van der Waals surface area contributed by atoms with E-state index in [1.54, 1.807) is 6.92 Å². The lowest BCUT2D eigenvalue weighted by Gasteiger charge is -2.23. The van der Waals surface area contributed by atoms with E-state index in [9.17, 15) is 13.6 Å². The third-order valence-corrected chi connectivity index (χ3v) is 5.03. The van der Waals surface area contributed by atoms with E-state index in [1.807, 2.05) is 30.3 Å². The van der Waals surface area contributed by atoms with E-state index in [4.69, 9.17) is 4.74 Å². The number of benzene rings is 2. The first-order chi connectivity index (χ1) is 12.0. The van der Waals surface area contributed by atoms with Gasteiger partial charge >= 0.3 is 0 Å². The molecule has 0 radical (unpaired) electrons. The molecule has 0 saturated carbocycles. The molecule has 0 N–H and O–H groups in total. The molecular formula is C18H16F2N2O2S. The zero-order valence-corrected chi connectivity index (χ0v) is 14.5. The lowest BCUT2D eigenvalue weighted by Crippen LogP contribution is -2.35. The van der Waals surface area contributed by atoms with Gasteiger partial charge in [-0.25, -0.2) is 13.8 Å². The molecule has 0 spiro atoms. The first kappa shape index (κ1) is 17.6. The highest BCUT2D eigenvalue weighted by Crippen LogP contribution is 2.42. The topological polar surface area (TPSA) is 41.9 Å². The average molecular weight is 362 g/mol. The van der Waals surface area contributed by atoms with Crippen molar-refractivity contribution in [1.29, 1.82) is 0 Å². The van der Waals surface area contributed by atoms with Crippen molar-refractivity contribution in [3.8, 4) is 0 Å². The zero-order chi connectivity index (χ0) is 18.0. The van der Waals surface area contributed by atoms with Gasteiger partial charge in [-0.1, -0.05) is 42.1 Å². The molecule has 1 heterocycles. The van der Waals surface area contributed by atoms with Crippen molar-refractivity contribution in [3.05, 3.63) is 71.3 Å².